The Morgan fingerprint density at radius 1 is 1.16 bits per heavy atom. The van der Waals surface area contributed by atoms with E-state index in [-0.39, 0.29) is 5.91 Å². The molecule has 0 saturated carbocycles. The summed E-state index contributed by atoms with van der Waals surface area (Å²) < 4.78 is 11.1. The fourth-order valence-corrected chi connectivity index (χ4v) is 2.22. The maximum Gasteiger partial charge on any atom is 0.248 e. The van der Waals surface area contributed by atoms with Crippen LogP contribution in [0.3, 0.4) is 0 Å². The first-order chi connectivity index (χ1) is 12.0. The van der Waals surface area contributed by atoms with Crippen molar-refractivity contribution in [3.05, 3.63) is 59.7 Å². The molecule has 2 aromatic rings. The molecule has 4 heteroatoms. The van der Waals surface area contributed by atoms with Crippen molar-refractivity contribution in [3.8, 4) is 11.5 Å². The summed E-state index contributed by atoms with van der Waals surface area (Å²) in [6, 6.07) is 13.3. The SMILES string of the molecule is COc1cc(C=CC(=O)Nc2ccccc2C)ccc1OCC(C)C. The van der Waals surface area contributed by atoms with Gasteiger partial charge in [0.25, 0.3) is 0 Å². The first-order valence-corrected chi connectivity index (χ1v) is 8.35. The van der Waals surface area contributed by atoms with Gasteiger partial charge in [-0.05, 0) is 48.2 Å². The van der Waals surface area contributed by atoms with E-state index in [9.17, 15) is 4.79 Å². The minimum absolute atomic E-state index is 0.173. The summed E-state index contributed by atoms with van der Waals surface area (Å²) in [5.41, 5.74) is 2.71. The zero-order valence-electron chi connectivity index (χ0n) is 15.2. The van der Waals surface area contributed by atoms with Gasteiger partial charge in [0.05, 0.1) is 13.7 Å². The Labute approximate surface area is 149 Å². The van der Waals surface area contributed by atoms with E-state index < -0.39 is 0 Å². The van der Waals surface area contributed by atoms with Crippen molar-refractivity contribution in [3.63, 3.8) is 0 Å². The third-order valence-electron chi connectivity index (χ3n) is 3.59. The molecule has 2 rings (SSSR count). The second-order valence-corrected chi connectivity index (χ2v) is 6.25. The fourth-order valence-electron chi connectivity index (χ4n) is 2.22. The molecule has 4 nitrogen and oxygen atoms in total. The van der Waals surface area contributed by atoms with Crippen LogP contribution in [0.2, 0.25) is 0 Å². The number of aryl methyl sites for hydroxylation is 1. The van der Waals surface area contributed by atoms with Crippen LogP contribution < -0.4 is 14.8 Å². The number of para-hydroxylation sites is 1. The molecule has 1 amide bonds. The van der Waals surface area contributed by atoms with Crippen LogP contribution in [0, 0.1) is 12.8 Å². The van der Waals surface area contributed by atoms with Gasteiger partial charge in [-0.3, -0.25) is 4.79 Å². The Kier molecular flexibility index (Phi) is 6.63. The highest BCUT2D eigenvalue weighted by atomic mass is 16.5. The summed E-state index contributed by atoms with van der Waals surface area (Å²) in [6.07, 6.45) is 3.26. The Balaban J connectivity index is 2.05. The number of anilines is 1. The van der Waals surface area contributed by atoms with E-state index in [0.717, 1.165) is 16.8 Å². The minimum atomic E-state index is -0.173. The van der Waals surface area contributed by atoms with Gasteiger partial charge >= 0.3 is 0 Å². The van der Waals surface area contributed by atoms with Gasteiger partial charge in [0.1, 0.15) is 0 Å². The average molecular weight is 339 g/mol. The molecule has 0 heterocycles. The number of benzene rings is 2. The summed E-state index contributed by atoms with van der Waals surface area (Å²) in [6.45, 7) is 6.78. The smallest absolute Gasteiger partial charge is 0.248 e. The first-order valence-electron chi connectivity index (χ1n) is 8.35. The predicted octanol–water partition coefficient (Wildman–Crippen LogP) is 4.69. The van der Waals surface area contributed by atoms with Gasteiger partial charge in [-0.2, -0.15) is 0 Å². The van der Waals surface area contributed by atoms with Crippen molar-refractivity contribution in [1.29, 1.82) is 0 Å². The van der Waals surface area contributed by atoms with Gasteiger partial charge in [-0.25, -0.2) is 0 Å². The van der Waals surface area contributed by atoms with E-state index in [0.29, 0.717) is 24.0 Å². The molecule has 132 valence electrons. The Morgan fingerprint density at radius 2 is 1.92 bits per heavy atom. The first kappa shape index (κ1) is 18.6. The van der Waals surface area contributed by atoms with E-state index in [4.69, 9.17) is 9.47 Å². The van der Waals surface area contributed by atoms with Crippen LogP contribution in [0.25, 0.3) is 6.08 Å². The second kappa shape index (κ2) is 8.92. The van der Waals surface area contributed by atoms with Crippen LogP contribution in [0.1, 0.15) is 25.0 Å². The van der Waals surface area contributed by atoms with Crippen molar-refractivity contribution in [1.82, 2.24) is 0 Å². The zero-order valence-corrected chi connectivity index (χ0v) is 15.2. The quantitative estimate of drug-likeness (QED) is 0.744. The Bertz CT molecular complexity index is 751. The van der Waals surface area contributed by atoms with Crippen LogP contribution in [-0.4, -0.2) is 19.6 Å². The highest BCUT2D eigenvalue weighted by molar-refractivity contribution is 6.02. The van der Waals surface area contributed by atoms with E-state index in [1.807, 2.05) is 49.4 Å². The number of rotatable bonds is 7. The van der Waals surface area contributed by atoms with Crippen LogP contribution in [-0.2, 0) is 4.79 Å². The molecule has 0 atom stereocenters. The van der Waals surface area contributed by atoms with Crippen molar-refractivity contribution in [2.75, 3.05) is 19.0 Å². The number of nitrogens with one attached hydrogen (secondary N) is 1. The van der Waals surface area contributed by atoms with Crippen molar-refractivity contribution in [2.45, 2.75) is 20.8 Å². The molecule has 0 fully saturated rings. The largest absolute Gasteiger partial charge is 0.493 e. The number of ether oxygens (including phenoxy) is 2. The lowest BCUT2D eigenvalue weighted by Crippen LogP contribution is -2.08. The number of hydrogen-bond acceptors (Lipinski definition) is 3. The summed E-state index contributed by atoms with van der Waals surface area (Å²) in [5, 5.41) is 2.87. The van der Waals surface area contributed by atoms with Crippen LogP contribution in [0.5, 0.6) is 11.5 Å². The number of carbonyl (C=O) groups excluding carboxylic acids is 1. The summed E-state index contributed by atoms with van der Waals surface area (Å²) in [5.74, 6) is 1.63. The van der Waals surface area contributed by atoms with Crippen molar-refractivity contribution < 1.29 is 14.3 Å². The van der Waals surface area contributed by atoms with Gasteiger partial charge < -0.3 is 14.8 Å². The summed E-state index contributed by atoms with van der Waals surface area (Å²) in [4.78, 5) is 12.1. The van der Waals surface area contributed by atoms with Gasteiger partial charge in [0.2, 0.25) is 5.91 Å². The van der Waals surface area contributed by atoms with Gasteiger partial charge in [-0.15, -0.1) is 0 Å². The van der Waals surface area contributed by atoms with E-state index >= 15 is 0 Å². The molecule has 0 aromatic heterocycles. The summed E-state index contributed by atoms with van der Waals surface area (Å²) in [7, 11) is 1.61. The van der Waals surface area contributed by atoms with Crippen LogP contribution in [0.15, 0.2) is 48.5 Å². The lowest BCUT2D eigenvalue weighted by Gasteiger charge is -2.12. The molecular weight excluding hydrogens is 314 g/mol. The Morgan fingerprint density at radius 3 is 2.60 bits per heavy atom. The van der Waals surface area contributed by atoms with Crippen molar-refractivity contribution in [2.24, 2.45) is 5.92 Å². The molecule has 0 radical (unpaired) electrons. The normalized spacial score (nSPS) is 10.9. The average Bonchev–Trinajstić information content (AvgIpc) is 2.60. The van der Waals surface area contributed by atoms with Crippen LogP contribution in [0.4, 0.5) is 5.69 Å². The van der Waals surface area contributed by atoms with Gasteiger partial charge in [0, 0.05) is 11.8 Å². The zero-order chi connectivity index (χ0) is 18.2. The number of amides is 1. The van der Waals surface area contributed by atoms with E-state index in [2.05, 4.69) is 19.2 Å². The molecule has 2 aromatic carbocycles. The molecular formula is C21H25NO3. The molecule has 1 N–H and O–H groups in total. The lowest BCUT2D eigenvalue weighted by molar-refractivity contribution is -0.111. The minimum Gasteiger partial charge on any atom is -0.493 e. The molecule has 0 spiro atoms. The monoisotopic (exact) mass is 339 g/mol. The van der Waals surface area contributed by atoms with E-state index in [1.165, 1.54) is 6.08 Å². The van der Waals surface area contributed by atoms with Crippen molar-refractivity contribution >= 4 is 17.7 Å². The topological polar surface area (TPSA) is 47.6 Å². The lowest BCUT2D eigenvalue weighted by atomic mass is 10.1. The second-order valence-electron chi connectivity index (χ2n) is 6.25. The number of hydrogen-bond donors (Lipinski definition) is 1. The predicted molar refractivity (Wildman–Crippen MR) is 102 cm³/mol. The van der Waals surface area contributed by atoms with Crippen LogP contribution >= 0.6 is 0 Å². The fraction of sp³-hybridized carbons (Fsp3) is 0.286. The third-order valence-corrected chi connectivity index (χ3v) is 3.59. The molecule has 0 aliphatic heterocycles. The number of methoxy groups -OCH3 is 1. The molecule has 0 aliphatic carbocycles. The molecule has 0 unspecified atom stereocenters. The maximum absolute atomic E-state index is 12.1. The van der Waals surface area contributed by atoms with Gasteiger partial charge in [0.15, 0.2) is 11.5 Å². The molecule has 25 heavy (non-hydrogen) atoms. The molecule has 0 saturated heterocycles. The van der Waals surface area contributed by atoms with E-state index in [1.54, 1.807) is 13.2 Å². The highest BCUT2D eigenvalue weighted by Gasteiger charge is 2.06. The number of carbonyl (C=O) groups is 1. The highest BCUT2D eigenvalue weighted by Crippen LogP contribution is 2.29. The van der Waals surface area contributed by atoms with Gasteiger partial charge in [-0.1, -0.05) is 38.1 Å². The molecule has 0 bridgehead atoms. The maximum atomic E-state index is 12.1. The third kappa shape index (κ3) is 5.68. The standard InChI is InChI=1S/C21H25NO3/c1-15(2)14-25-19-11-9-17(13-20(19)24-4)10-12-21(23)22-18-8-6-5-7-16(18)3/h5-13,15H,14H2,1-4H3,(H,22,23). The summed E-state index contributed by atoms with van der Waals surface area (Å²) >= 11 is 0. The molecule has 0 aliphatic rings. The Hall–Kier alpha value is -2.75.